The number of hydrogen-bond acceptors (Lipinski definition) is 4. The van der Waals surface area contributed by atoms with Crippen LogP contribution in [0.15, 0.2) is 48.5 Å². The lowest BCUT2D eigenvalue weighted by atomic mass is 9.90. The summed E-state index contributed by atoms with van der Waals surface area (Å²) in [5.41, 5.74) is 0. The highest BCUT2D eigenvalue weighted by atomic mass is 35.5. The van der Waals surface area contributed by atoms with Gasteiger partial charge >= 0.3 is 5.97 Å². The summed E-state index contributed by atoms with van der Waals surface area (Å²) in [5.74, 6) is -0.0318. The second-order valence-corrected chi connectivity index (χ2v) is 10.1. The summed E-state index contributed by atoms with van der Waals surface area (Å²) in [7, 11) is 0. The first-order valence-corrected chi connectivity index (χ1v) is 12.0. The molecular formula is C24H24Cl2O4S. The Morgan fingerprint density at radius 1 is 1.10 bits per heavy atom. The minimum absolute atomic E-state index is 0.0464. The standard InChI is InChI=1S/C24H24Cl2O4S/c25-19-9-10-22(17-6-2-1-5-15(17)19)30-13-18-16(20(26)12-21(18)27)7-3-4-14-8-11-23(31-14)24(28)29/h1-2,5-6,8-11,16,18,20-21,27H,3-4,7,12-13H2,(H,28,29)/t16-,18-,20+,21-/m1/s1. The molecule has 7 heteroatoms. The van der Waals surface area contributed by atoms with E-state index in [1.807, 2.05) is 42.5 Å². The summed E-state index contributed by atoms with van der Waals surface area (Å²) in [6, 6.07) is 15.1. The van der Waals surface area contributed by atoms with Crippen molar-refractivity contribution in [3.8, 4) is 5.75 Å². The van der Waals surface area contributed by atoms with Gasteiger partial charge in [0.2, 0.25) is 0 Å². The first kappa shape index (κ1) is 22.4. The van der Waals surface area contributed by atoms with Crippen LogP contribution in [0.4, 0.5) is 0 Å². The fraction of sp³-hybridized carbons (Fsp3) is 0.375. The number of aliphatic hydroxyl groups is 1. The molecular weight excluding hydrogens is 455 g/mol. The van der Waals surface area contributed by atoms with Crippen LogP contribution in [0.3, 0.4) is 0 Å². The van der Waals surface area contributed by atoms with Gasteiger partial charge in [0.1, 0.15) is 10.6 Å². The molecule has 0 aliphatic heterocycles. The normalized spacial score (nSPS) is 23.3. The van der Waals surface area contributed by atoms with Crippen molar-refractivity contribution < 1.29 is 19.7 Å². The zero-order chi connectivity index (χ0) is 22.0. The van der Waals surface area contributed by atoms with E-state index in [0.29, 0.717) is 22.9 Å². The fourth-order valence-electron chi connectivity index (χ4n) is 4.45. The van der Waals surface area contributed by atoms with Gasteiger partial charge in [0.05, 0.1) is 12.7 Å². The van der Waals surface area contributed by atoms with E-state index in [9.17, 15) is 9.90 Å². The van der Waals surface area contributed by atoms with E-state index in [4.69, 9.17) is 33.0 Å². The third kappa shape index (κ3) is 5.01. The van der Waals surface area contributed by atoms with Crippen LogP contribution in [0.1, 0.15) is 33.8 Å². The van der Waals surface area contributed by atoms with Crippen LogP contribution in [0.25, 0.3) is 10.8 Å². The van der Waals surface area contributed by atoms with Crippen molar-refractivity contribution in [1.29, 1.82) is 0 Å². The Labute approximate surface area is 195 Å². The lowest BCUT2D eigenvalue weighted by molar-refractivity contribution is 0.0701. The number of aromatic carboxylic acids is 1. The van der Waals surface area contributed by atoms with Gasteiger partial charge in [0, 0.05) is 32.0 Å². The zero-order valence-electron chi connectivity index (χ0n) is 16.8. The third-order valence-electron chi connectivity index (χ3n) is 6.07. The van der Waals surface area contributed by atoms with Gasteiger partial charge < -0.3 is 14.9 Å². The number of carboxylic acids is 1. The summed E-state index contributed by atoms with van der Waals surface area (Å²) >= 11 is 14.2. The number of aliphatic hydroxyl groups excluding tert-OH is 1. The molecule has 4 nitrogen and oxygen atoms in total. The van der Waals surface area contributed by atoms with E-state index in [2.05, 4.69) is 0 Å². The van der Waals surface area contributed by atoms with Gasteiger partial charge in [-0.15, -0.1) is 22.9 Å². The lowest BCUT2D eigenvalue weighted by Gasteiger charge is -2.24. The van der Waals surface area contributed by atoms with E-state index < -0.39 is 12.1 Å². The largest absolute Gasteiger partial charge is 0.493 e. The maximum atomic E-state index is 11.1. The second-order valence-electron chi connectivity index (χ2n) is 8.01. The number of hydrogen-bond donors (Lipinski definition) is 2. The highest BCUT2D eigenvalue weighted by molar-refractivity contribution is 7.13. The Morgan fingerprint density at radius 2 is 1.87 bits per heavy atom. The van der Waals surface area contributed by atoms with Crippen molar-refractivity contribution in [3.05, 3.63) is 63.3 Å². The maximum Gasteiger partial charge on any atom is 0.345 e. The Kier molecular flexibility index (Phi) is 7.07. The fourth-order valence-corrected chi connectivity index (χ4v) is 6.06. The van der Waals surface area contributed by atoms with Crippen molar-refractivity contribution in [2.24, 2.45) is 11.8 Å². The number of halogens is 2. The van der Waals surface area contributed by atoms with Gasteiger partial charge in [-0.25, -0.2) is 4.79 Å². The molecule has 1 aliphatic carbocycles. The molecule has 1 aliphatic rings. The zero-order valence-corrected chi connectivity index (χ0v) is 19.2. The topological polar surface area (TPSA) is 66.8 Å². The first-order chi connectivity index (χ1) is 14.9. The monoisotopic (exact) mass is 478 g/mol. The molecule has 164 valence electrons. The van der Waals surface area contributed by atoms with Crippen LogP contribution in [-0.4, -0.2) is 34.3 Å². The van der Waals surface area contributed by atoms with E-state index in [0.717, 1.165) is 40.7 Å². The molecule has 4 rings (SSSR count). The number of carbonyl (C=O) groups is 1. The minimum atomic E-state index is -0.886. The number of fused-ring (bicyclic) bond motifs is 1. The lowest BCUT2D eigenvalue weighted by Crippen LogP contribution is -2.27. The van der Waals surface area contributed by atoms with Crippen LogP contribution in [-0.2, 0) is 6.42 Å². The van der Waals surface area contributed by atoms with Gasteiger partial charge in [-0.1, -0.05) is 35.9 Å². The van der Waals surface area contributed by atoms with E-state index in [1.54, 1.807) is 6.07 Å². The van der Waals surface area contributed by atoms with Crippen LogP contribution in [0.5, 0.6) is 5.75 Å². The molecule has 0 amide bonds. The van der Waals surface area contributed by atoms with Gasteiger partial charge in [-0.3, -0.25) is 0 Å². The van der Waals surface area contributed by atoms with Gasteiger partial charge in [-0.05, 0) is 55.9 Å². The summed E-state index contributed by atoms with van der Waals surface area (Å²) in [6.45, 7) is 0.392. The third-order valence-corrected chi connectivity index (χ3v) is 8.04. The molecule has 0 spiro atoms. The van der Waals surface area contributed by atoms with E-state index in [-0.39, 0.29) is 17.2 Å². The highest BCUT2D eigenvalue weighted by Gasteiger charge is 2.41. The van der Waals surface area contributed by atoms with Crippen molar-refractivity contribution in [1.82, 2.24) is 0 Å². The Balaban J connectivity index is 1.39. The Bertz CT molecular complexity index is 1070. The number of alkyl halides is 1. The molecule has 1 saturated carbocycles. The van der Waals surface area contributed by atoms with Crippen LogP contribution in [0, 0.1) is 11.8 Å². The van der Waals surface area contributed by atoms with Crippen LogP contribution >= 0.6 is 34.5 Å². The van der Waals surface area contributed by atoms with Gasteiger partial charge in [0.15, 0.2) is 0 Å². The molecule has 1 heterocycles. The molecule has 3 aromatic rings. The van der Waals surface area contributed by atoms with Gasteiger partial charge in [0.25, 0.3) is 0 Å². The summed E-state index contributed by atoms with van der Waals surface area (Å²) < 4.78 is 6.16. The molecule has 4 atom stereocenters. The van der Waals surface area contributed by atoms with Crippen LogP contribution < -0.4 is 4.74 Å². The average Bonchev–Trinajstić information content (AvgIpc) is 3.33. The Hall–Kier alpha value is -1.79. The molecule has 0 unspecified atom stereocenters. The SMILES string of the molecule is O=C(O)c1ccc(CCC[C@@H]2[C@@H](COc3ccc(Cl)c4ccccc34)[C@H](O)C[C@@H]2Cl)s1. The van der Waals surface area contributed by atoms with Crippen LogP contribution in [0.2, 0.25) is 5.02 Å². The van der Waals surface area contributed by atoms with Crippen molar-refractivity contribution in [3.63, 3.8) is 0 Å². The van der Waals surface area contributed by atoms with E-state index in [1.165, 1.54) is 11.3 Å². The number of ether oxygens (including phenoxy) is 1. The molecule has 0 bridgehead atoms. The number of rotatable bonds is 8. The summed E-state index contributed by atoms with van der Waals surface area (Å²) in [4.78, 5) is 12.5. The first-order valence-electron chi connectivity index (χ1n) is 10.4. The van der Waals surface area contributed by atoms with E-state index >= 15 is 0 Å². The minimum Gasteiger partial charge on any atom is -0.493 e. The molecule has 1 fully saturated rings. The molecule has 1 aromatic heterocycles. The predicted octanol–water partition coefficient (Wildman–Crippen LogP) is 6.26. The number of aryl methyl sites for hydroxylation is 1. The highest BCUT2D eigenvalue weighted by Crippen LogP contribution is 2.40. The number of thiophene rings is 1. The van der Waals surface area contributed by atoms with Crippen molar-refractivity contribution >= 4 is 51.3 Å². The van der Waals surface area contributed by atoms with Crippen molar-refractivity contribution in [2.45, 2.75) is 37.2 Å². The molecule has 0 radical (unpaired) electrons. The summed E-state index contributed by atoms with van der Waals surface area (Å²) in [5, 5.41) is 22.2. The maximum absolute atomic E-state index is 11.1. The number of carboxylic acid groups (broad SMARTS) is 1. The molecule has 0 saturated heterocycles. The molecule has 2 aromatic carbocycles. The van der Waals surface area contributed by atoms with Crippen molar-refractivity contribution in [2.75, 3.05) is 6.61 Å². The molecule has 2 N–H and O–H groups in total. The molecule has 31 heavy (non-hydrogen) atoms. The quantitative estimate of drug-likeness (QED) is 0.375. The summed E-state index contributed by atoms with van der Waals surface area (Å²) in [6.07, 6.45) is 2.63. The number of benzene rings is 2. The second kappa shape index (κ2) is 9.78. The smallest absolute Gasteiger partial charge is 0.345 e. The predicted molar refractivity (Wildman–Crippen MR) is 126 cm³/mol. The van der Waals surface area contributed by atoms with Gasteiger partial charge in [-0.2, -0.15) is 0 Å². The Morgan fingerprint density at radius 3 is 2.61 bits per heavy atom. The average molecular weight is 479 g/mol.